The van der Waals surface area contributed by atoms with Crippen LogP contribution in [0.1, 0.15) is 17.0 Å². The molecule has 2 atom stereocenters. The highest BCUT2D eigenvalue weighted by Crippen LogP contribution is 2.46. The molecule has 0 saturated carbocycles. The molecule has 2 unspecified atom stereocenters. The number of nitrogens with one attached hydrogen (secondary N) is 1. The van der Waals surface area contributed by atoms with E-state index in [1.807, 2.05) is 0 Å². The van der Waals surface area contributed by atoms with E-state index in [4.69, 9.17) is 39.1 Å². The number of nitriles is 1. The molecule has 1 heterocycles. The summed E-state index contributed by atoms with van der Waals surface area (Å²) >= 11 is 12.6. The van der Waals surface area contributed by atoms with Gasteiger partial charge in [-0.15, -0.1) is 0 Å². The van der Waals surface area contributed by atoms with Gasteiger partial charge in [0.05, 0.1) is 6.07 Å². The van der Waals surface area contributed by atoms with Crippen molar-refractivity contribution < 1.29 is 4.74 Å². The Kier molecular flexibility index (Phi) is 3.69. The van der Waals surface area contributed by atoms with Crippen LogP contribution < -0.4 is 10.5 Å². The maximum absolute atomic E-state index is 9.47. The Morgan fingerprint density at radius 1 is 1.18 bits per heavy atom. The fourth-order valence-corrected chi connectivity index (χ4v) is 3.30. The highest BCUT2D eigenvalue weighted by Gasteiger charge is 2.38. The summed E-state index contributed by atoms with van der Waals surface area (Å²) < 4.78 is 5.44. The summed E-state index contributed by atoms with van der Waals surface area (Å²) in [4.78, 5) is 0. The first-order valence-electron chi connectivity index (χ1n) is 6.52. The Bertz CT molecular complexity index is 793. The number of anilines is 1. The third kappa shape index (κ3) is 2.29. The molecule has 0 spiro atoms. The lowest BCUT2D eigenvalue weighted by Gasteiger charge is -2.31. The minimum Gasteiger partial charge on any atom is -0.442 e. The molecule has 0 saturated heterocycles. The average Bonchev–Trinajstić information content (AvgIpc) is 2.46. The summed E-state index contributed by atoms with van der Waals surface area (Å²) in [6.07, 6.45) is 0. The van der Waals surface area contributed by atoms with Gasteiger partial charge in [-0.2, -0.15) is 5.26 Å². The number of benzene rings is 2. The van der Waals surface area contributed by atoms with Crippen molar-refractivity contribution in [2.75, 3.05) is 5.73 Å². The Hall–Kier alpha value is -2.22. The Balaban J connectivity index is 2.28. The van der Waals surface area contributed by atoms with Crippen LogP contribution in [-0.2, 0) is 0 Å². The van der Waals surface area contributed by atoms with Crippen LogP contribution in [0.15, 0.2) is 36.4 Å². The fourth-order valence-electron chi connectivity index (χ4n) is 2.67. The third-order valence-electron chi connectivity index (χ3n) is 3.66. The molecule has 0 aromatic heterocycles. The second kappa shape index (κ2) is 5.53. The van der Waals surface area contributed by atoms with Crippen LogP contribution in [0.2, 0.25) is 10.0 Å². The quantitative estimate of drug-likeness (QED) is 0.767. The smallest absolute Gasteiger partial charge is 0.205 e. The van der Waals surface area contributed by atoms with E-state index in [-0.39, 0.29) is 5.90 Å². The van der Waals surface area contributed by atoms with Crippen LogP contribution in [0.25, 0.3) is 0 Å². The lowest BCUT2D eigenvalue weighted by Crippen LogP contribution is -2.31. The molecule has 0 amide bonds. The summed E-state index contributed by atoms with van der Waals surface area (Å²) in [7, 11) is 0. The third-order valence-corrected chi connectivity index (χ3v) is 4.32. The van der Waals surface area contributed by atoms with E-state index in [1.165, 1.54) is 0 Å². The van der Waals surface area contributed by atoms with E-state index in [1.54, 1.807) is 36.4 Å². The molecule has 1 aliphatic rings. The van der Waals surface area contributed by atoms with Crippen LogP contribution in [0, 0.1) is 22.7 Å². The SMILES string of the molecule is N#CC1C(=N)Oc2cc(N)ccc2C1c1c(Cl)cccc1Cl. The molecule has 0 aliphatic carbocycles. The van der Waals surface area contributed by atoms with Gasteiger partial charge in [0.1, 0.15) is 11.7 Å². The first-order chi connectivity index (χ1) is 10.5. The zero-order valence-corrected chi connectivity index (χ0v) is 12.8. The topological polar surface area (TPSA) is 82.9 Å². The second-order valence-electron chi connectivity index (χ2n) is 4.98. The van der Waals surface area contributed by atoms with Gasteiger partial charge in [0.15, 0.2) is 0 Å². The predicted molar refractivity (Wildman–Crippen MR) is 86.6 cm³/mol. The van der Waals surface area contributed by atoms with Crippen molar-refractivity contribution in [3.63, 3.8) is 0 Å². The molecule has 2 aromatic carbocycles. The van der Waals surface area contributed by atoms with Gasteiger partial charge in [0, 0.05) is 33.3 Å². The molecule has 0 fully saturated rings. The van der Waals surface area contributed by atoms with E-state index < -0.39 is 11.8 Å². The number of ether oxygens (including phenoxy) is 1. The highest BCUT2D eigenvalue weighted by atomic mass is 35.5. The molecule has 0 radical (unpaired) electrons. The van der Waals surface area contributed by atoms with E-state index in [0.29, 0.717) is 27.0 Å². The van der Waals surface area contributed by atoms with Crippen LogP contribution in [0.3, 0.4) is 0 Å². The van der Waals surface area contributed by atoms with E-state index in [0.717, 1.165) is 5.56 Å². The number of nitrogens with zero attached hydrogens (tertiary/aromatic N) is 1. The number of nitrogen functional groups attached to an aromatic ring is 1. The Morgan fingerprint density at radius 2 is 1.86 bits per heavy atom. The van der Waals surface area contributed by atoms with Gasteiger partial charge in [-0.1, -0.05) is 35.3 Å². The molecule has 2 aromatic rings. The zero-order chi connectivity index (χ0) is 15.9. The molecular formula is C16H11Cl2N3O. The molecule has 4 nitrogen and oxygen atoms in total. The maximum Gasteiger partial charge on any atom is 0.205 e. The van der Waals surface area contributed by atoms with Crippen molar-refractivity contribution in [2.45, 2.75) is 5.92 Å². The van der Waals surface area contributed by atoms with E-state index in [9.17, 15) is 5.26 Å². The van der Waals surface area contributed by atoms with Gasteiger partial charge in [-0.25, -0.2) is 0 Å². The van der Waals surface area contributed by atoms with E-state index in [2.05, 4.69) is 6.07 Å². The first kappa shape index (κ1) is 14.7. The number of nitrogens with two attached hydrogens (primary N) is 1. The van der Waals surface area contributed by atoms with Crippen molar-refractivity contribution in [1.29, 1.82) is 10.7 Å². The molecule has 6 heteroatoms. The Labute approximate surface area is 137 Å². The number of hydrogen-bond donors (Lipinski definition) is 2. The maximum atomic E-state index is 9.47. The van der Waals surface area contributed by atoms with Gasteiger partial charge in [-0.3, -0.25) is 5.41 Å². The van der Waals surface area contributed by atoms with Crippen LogP contribution in [0.4, 0.5) is 5.69 Å². The second-order valence-corrected chi connectivity index (χ2v) is 5.80. The monoisotopic (exact) mass is 331 g/mol. The van der Waals surface area contributed by atoms with Gasteiger partial charge in [-0.05, 0) is 23.8 Å². The number of halogens is 2. The van der Waals surface area contributed by atoms with Crippen molar-refractivity contribution in [2.24, 2.45) is 5.92 Å². The minimum absolute atomic E-state index is 0.137. The zero-order valence-electron chi connectivity index (χ0n) is 11.3. The minimum atomic E-state index is -0.798. The van der Waals surface area contributed by atoms with Gasteiger partial charge in [0.2, 0.25) is 5.90 Å². The number of rotatable bonds is 1. The van der Waals surface area contributed by atoms with Crippen molar-refractivity contribution in [3.05, 3.63) is 57.6 Å². The molecule has 22 heavy (non-hydrogen) atoms. The van der Waals surface area contributed by atoms with Gasteiger partial charge < -0.3 is 10.5 Å². The molecular weight excluding hydrogens is 321 g/mol. The number of fused-ring (bicyclic) bond motifs is 1. The standard InChI is InChI=1S/C16H11Cl2N3O/c17-11-2-1-3-12(18)15(11)14-9-5-4-8(20)6-13(9)22-16(21)10(14)7-19/h1-6,10,14,21H,20H2. The lowest BCUT2D eigenvalue weighted by molar-refractivity contribution is 0.451. The summed E-state index contributed by atoms with van der Waals surface area (Å²) in [6, 6.07) is 12.4. The van der Waals surface area contributed by atoms with Gasteiger partial charge in [0.25, 0.3) is 0 Å². The summed E-state index contributed by atoms with van der Waals surface area (Å²) in [5, 5.41) is 18.4. The molecule has 3 N–H and O–H groups in total. The van der Waals surface area contributed by atoms with Crippen LogP contribution in [-0.4, -0.2) is 5.90 Å². The van der Waals surface area contributed by atoms with Crippen LogP contribution in [0.5, 0.6) is 5.75 Å². The van der Waals surface area contributed by atoms with E-state index >= 15 is 0 Å². The Morgan fingerprint density at radius 3 is 2.50 bits per heavy atom. The molecule has 1 aliphatic heterocycles. The lowest BCUT2D eigenvalue weighted by atomic mass is 9.79. The molecule has 0 bridgehead atoms. The van der Waals surface area contributed by atoms with Crippen molar-refractivity contribution >= 4 is 34.8 Å². The number of hydrogen-bond acceptors (Lipinski definition) is 4. The van der Waals surface area contributed by atoms with Crippen molar-refractivity contribution in [3.8, 4) is 11.8 Å². The summed E-state index contributed by atoms with van der Waals surface area (Å²) in [5.41, 5.74) is 7.65. The van der Waals surface area contributed by atoms with Gasteiger partial charge >= 0.3 is 0 Å². The van der Waals surface area contributed by atoms with Crippen LogP contribution >= 0.6 is 23.2 Å². The summed E-state index contributed by atoms with van der Waals surface area (Å²) in [5.74, 6) is -0.948. The normalized spacial score (nSPS) is 20.0. The first-order valence-corrected chi connectivity index (χ1v) is 7.27. The average molecular weight is 332 g/mol. The largest absolute Gasteiger partial charge is 0.442 e. The molecule has 3 rings (SSSR count). The highest BCUT2D eigenvalue weighted by molar-refractivity contribution is 6.36. The molecule has 110 valence electrons. The fraction of sp³-hybridized carbons (Fsp3) is 0.125. The predicted octanol–water partition coefficient (Wildman–Crippen LogP) is 4.22. The van der Waals surface area contributed by atoms with Crippen molar-refractivity contribution in [1.82, 2.24) is 0 Å². The summed E-state index contributed by atoms with van der Waals surface area (Å²) in [6.45, 7) is 0.